The second-order valence-corrected chi connectivity index (χ2v) is 4.71. The van der Waals surface area contributed by atoms with Crippen molar-refractivity contribution in [3.05, 3.63) is 59.4 Å². The zero-order valence-corrected chi connectivity index (χ0v) is 11.6. The highest BCUT2D eigenvalue weighted by atomic mass is 19.1. The first kappa shape index (κ1) is 13.6. The highest BCUT2D eigenvalue weighted by Crippen LogP contribution is 2.27. The summed E-state index contributed by atoms with van der Waals surface area (Å²) in [6.07, 6.45) is 0. The minimum absolute atomic E-state index is 0.198. The quantitative estimate of drug-likeness (QED) is 0.901. The van der Waals surface area contributed by atoms with Gasteiger partial charge in [0.15, 0.2) is 0 Å². The second-order valence-electron chi connectivity index (χ2n) is 4.71. The van der Waals surface area contributed by atoms with Crippen molar-refractivity contribution in [2.24, 2.45) is 0 Å². The van der Waals surface area contributed by atoms with E-state index in [1.807, 2.05) is 62.3 Å². The molecule has 3 heteroatoms. The minimum atomic E-state index is -0.198. The Morgan fingerprint density at radius 2 is 1.79 bits per heavy atom. The predicted octanol–water partition coefficient (Wildman–Crippen LogP) is 3.62. The van der Waals surface area contributed by atoms with Crippen LogP contribution in [0.5, 0.6) is 0 Å². The molecule has 0 amide bonds. The summed E-state index contributed by atoms with van der Waals surface area (Å²) in [5.41, 5.74) is 3.71. The summed E-state index contributed by atoms with van der Waals surface area (Å²) in [6, 6.07) is 13.4. The van der Waals surface area contributed by atoms with Crippen LogP contribution in [0.1, 0.15) is 11.1 Å². The lowest BCUT2D eigenvalue weighted by Gasteiger charge is -2.20. The zero-order valence-electron chi connectivity index (χ0n) is 11.6. The Morgan fingerprint density at radius 1 is 1.11 bits per heavy atom. The number of halogens is 1. The maximum Gasteiger partial charge on any atom is 0.147 e. The lowest BCUT2D eigenvalue weighted by Crippen LogP contribution is -2.12. The van der Waals surface area contributed by atoms with E-state index in [9.17, 15) is 4.39 Å². The van der Waals surface area contributed by atoms with Crippen molar-refractivity contribution in [1.29, 1.82) is 0 Å². The Bertz CT molecular complexity index is 549. The number of hydrogen-bond acceptors (Lipinski definition) is 2. The number of anilines is 2. The van der Waals surface area contributed by atoms with Gasteiger partial charge in [-0.2, -0.15) is 0 Å². The minimum Gasteiger partial charge on any atom is -0.342 e. The van der Waals surface area contributed by atoms with Crippen molar-refractivity contribution in [2.75, 3.05) is 19.0 Å². The van der Waals surface area contributed by atoms with Crippen LogP contribution in [-0.2, 0) is 6.54 Å². The summed E-state index contributed by atoms with van der Waals surface area (Å²) in [5, 5.41) is 3.02. The van der Waals surface area contributed by atoms with Crippen LogP contribution in [0.15, 0.2) is 42.5 Å². The van der Waals surface area contributed by atoms with E-state index in [-0.39, 0.29) is 5.82 Å². The molecule has 0 spiro atoms. The van der Waals surface area contributed by atoms with Crippen molar-refractivity contribution in [2.45, 2.75) is 13.5 Å². The summed E-state index contributed by atoms with van der Waals surface area (Å²) >= 11 is 0. The van der Waals surface area contributed by atoms with Crippen LogP contribution in [0, 0.1) is 12.7 Å². The summed E-state index contributed by atoms with van der Waals surface area (Å²) in [7, 11) is 3.73. The molecule has 0 saturated heterocycles. The molecule has 0 bridgehead atoms. The van der Waals surface area contributed by atoms with Gasteiger partial charge in [0.05, 0.1) is 5.69 Å². The normalized spacial score (nSPS) is 10.5. The van der Waals surface area contributed by atoms with E-state index in [0.29, 0.717) is 12.2 Å². The highest BCUT2D eigenvalue weighted by Gasteiger charge is 2.09. The predicted molar refractivity (Wildman–Crippen MR) is 78.4 cm³/mol. The first-order chi connectivity index (χ1) is 9.11. The van der Waals surface area contributed by atoms with Crippen molar-refractivity contribution < 1.29 is 4.39 Å². The standard InChI is InChI=1S/C16H19FN2/c1-12-4-7-14(8-5-12)19(3)16-9-6-13(11-18-2)10-15(16)17/h4-10,18H,11H2,1-3H3. The van der Waals surface area contributed by atoms with Crippen molar-refractivity contribution in [1.82, 2.24) is 5.32 Å². The first-order valence-electron chi connectivity index (χ1n) is 6.35. The molecule has 2 aromatic carbocycles. The van der Waals surface area contributed by atoms with Crippen LogP contribution >= 0.6 is 0 Å². The van der Waals surface area contributed by atoms with Gasteiger partial charge >= 0.3 is 0 Å². The molecule has 2 aromatic rings. The van der Waals surface area contributed by atoms with Crippen molar-refractivity contribution >= 4 is 11.4 Å². The molecule has 0 radical (unpaired) electrons. The van der Waals surface area contributed by atoms with E-state index in [0.717, 1.165) is 11.3 Å². The zero-order chi connectivity index (χ0) is 13.8. The molecule has 0 heterocycles. The van der Waals surface area contributed by atoms with Gasteiger partial charge in [-0.15, -0.1) is 0 Å². The van der Waals surface area contributed by atoms with Gasteiger partial charge in [0.1, 0.15) is 5.82 Å². The largest absolute Gasteiger partial charge is 0.342 e. The molecule has 100 valence electrons. The Kier molecular flexibility index (Phi) is 4.17. The van der Waals surface area contributed by atoms with Crippen LogP contribution in [0.3, 0.4) is 0 Å². The Morgan fingerprint density at radius 3 is 2.37 bits per heavy atom. The number of aryl methyl sites for hydroxylation is 1. The molecule has 0 saturated carbocycles. The van der Waals surface area contributed by atoms with E-state index in [4.69, 9.17) is 0 Å². The van der Waals surface area contributed by atoms with Gasteiger partial charge in [-0.3, -0.25) is 0 Å². The summed E-state index contributed by atoms with van der Waals surface area (Å²) in [4.78, 5) is 1.86. The molecule has 19 heavy (non-hydrogen) atoms. The van der Waals surface area contributed by atoms with Gasteiger partial charge < -0.3 is 10.2 Å². The Labute approximate surface area is 113 Å². The van der Waals surface area contributed by atoms with Crippen LogP contribution in [0.2, 0.25) is 0 Å². The summed E-state index contributed by atoms with van der Waals surface area (Å²) in [5.74, 6) is -0.198. The molecule has 0 aliphatic heterocycles. The number of nitrogens with one attached hydrogen (secondary N) is 1. The molecule has 0 atom stereocenters. The molecule has 0 fully saturated rings. The fraction of sp³-hybridized carbons (Fsp3) is 0.250. The third-order valence-corrected chi connectivity index (χ3v) is 3.18. The lowest BCUT2D eigenvalue weighted by molar-refractivity contribution is 0.623. The molecule has 0 aliphatic rings. The third-order valence-electron chi connectivity index (χ3n) is 3.18. The first-order valence-corrected chi connectivity index (χ1v) is 6.35. The Hall–Kier alpha value is -1.87. The molecule has 0 unspecified atom stereocenters. The number of hydrogen-bond donors (Lipinski definition) is 1. The number of benzene rings is 2. The van der Waals surface area contributed by atoms with Gasteiger partial charge in [-0.1, -0.05) is 23.8 Å². The lowest BCUT2D eigenvalue weighted by atomic mass is 10.1. The SMILES string of the molecule is CNCc1ccc(N(C)c2ccc(C)cc2)c(F)c1. The number of rotatable bonds is 4. The molecule has 0 aromatic heterocycles. The topological polar surface area (TPSA) is 15.3 Å². The molecule has 0 aliphatic carbocycles. The molecular formula is C16H19FN2. The van der Waals surface area contributed by atoms with Gasteiger partial charge in [0.2, 0.25) is 0 Å². The molecule has 2 nitrogen and oxygen atoms in total. The second kappa shape index (κ2) is 5.85. The molecule has 1 N–H and O–H groups in total. The maximum absolute atomic E-state index is 14.1. The maximum atomic E-state index is 14.1. The van der Waals surface area contributed by atoms with E-state index in [1.54, 1.807) is 6.07 Å². The monoisotopic (exact) mass is 258 g/mol. The summed E-state index contributed by atoms with van der Waals surface area (Å²) < 4.78 is 14.1. The highest BCUT2D eigenvalue weighted by molar-refractivity contribution is 5.63. The van der Waals surface area contributed by atoms with Gasteiger partial charge in [0.25, 0.3) is 0 Å². The van der Waals surface area contributed by atoms with Crippen molar-refractivity contribution in [3.63, 3.8) is 0 Å². The number of nitrogens with zero attached hydrogens (tertiary/aromatic N) is 1. The van der Waals surface area contributed by atoms with Crippen LogP contribution in [-0.4, -0.2) is 14.1 Å². The van der Waals surface area contributed by atoms with Gasteiger partial charge in [-0.25, -0.2) is 4.39 Å². The van der Waals surface area contributed by atoms with Crippen LogP contribution < -0.4 is 10.2 Å². The fourth-order valence-corrected chi connectivity index (χ4v) is 2.04. The van der Waals surface area contributed by atoms with Gasteiger partial charge in [-0.05, 0) is 43.8 Å². The Balaban J connectivity index is 2.28. The van der Waals surface area contributed by atoms with Crippen LogP contribution in [0.4, 0.5) is 15.8 Å². The average Bonchev–Trinajstić information content (AvgIpc) is 2.39. The molecular weight excluding hydrogens is 239 g/mol. The van der Waals surface area contributed by atoms with Crippen LogP contribution in [0.25, 0.3) is 0 Å². The van der Waals surface area contributed by atoms with Gasteiger partial charge in [0, 0.05) is 19.3 Å². The van der Waals surface area contributed by atoms with Crippen molar-refractivity contribution in [3.8, 4) is 0 Å². The smallest absolute Gasteiger partial charge is 0.147 e. The summed E-state index contributed by atoms with van der Waals surface area (Å²) in [6.45, 7) is 2.71. The third kappa shape index (κ3) is 3.12. The van der Waals surface area contributed by atoms with E-state index in [1.165, 1.54) is 5.56 Å². The van der Waals surface area contributed by atoms with E-state index < -0.39 is 0 Å². The average molecular weight is 258 g/mol. The van der Waals surface area contributed by atoms with E-state index in [2.05, 4.69) is 5.32 Å². The molecule has 2 rings (SSSR count). The fourth-order valence-electron chi connectivity index (χ4n) is 2.04. The van der Waals surface area contributed by atoms with E-state index >= 15 is 0 Å².